The molecule has 0 fully saturated rings. The highest BCUT2D eigenvalue weighted by molar-refractivity contribution is 7.47. The van der Waals surface area contributed by atoms with Crippen LogP contribution in [0.25, 0.3) is 0 Å². The summed E-state index contributed by atoms with van der Waals surface area (Å²) in [7, 11) is -3.21. The van der Waals surface area contributed by atoms with E-state index in [1.165, 1.54) is 25.7 Å². The molecular weight excluding hydrogens is 639 g/mol. The van der Waals surface area contributed by atoms with Gasteiger partial charge in [-0.15, -0.1) is 0 Å². The van der Waals surface area contributed by atoms with Crippen LogP contribution in [0.4, 0.5) is 0 Å². The van der Waals surface area contributed by atoms with E-state index < -0.39 is 32.5 Å². The van der Waals surface area contributed by atoms with Gasteiger partial charge in [-0.3, -0.25) is 18.6 Å². The number of hydrogen-bond acceptors (Lipinski definition) is 7. The van der Waals surface area contributed by atoms with Gasteiger partial charge in [-0.2, -0.15) is 0 Å². The summed E-state index contributed by atoms with van der Waals surface area (Å²) in [5.41, 5.74) is 0. The van der Waals surface area contributed by atoms with Gasteiger partial charge < -0.3 is 14.4 Å². The van der Waals surface area contributed by atoms with Gasteiger partial charge in [-0.05, 0) is 70.6 Å². The fraction of sp³-hybridized carbons (Fsp3) is 0.700. The maximum Gasteiger partial charge on any atom is 0.472 e. The van der Waals surface area contributed by atoms with E-state index in [4.69, 9.17) is 14.0 Å². The highest BCUT2D eigenvalue weighted by Gasteiger charge is 2.24. The predicted octanol–water partition coefficient (Wildman–Crippen LogP) is 11.6. The highest BCUT2D eigenvalue weighted by atomic mass is 31.2. The Bertz CT molecular complexity index is 985. The Labute approximate surface area is 299 Å². The molecule has 282 valence electrons. The third-order valence-electron chi connectivity index (χ3n) is 7.73. The number of rotatable bonds is 34. The van der Waals surface area contributed by atoms with Crippen molar-refractivity contribution < 1.29 is 37.6 Å². The average Bonchev–Trinajstić information content (AvgIpc) is 3.09. The van der Waals surface area contributed by atoms with E-state index in [1.54, 1.807) is 0 Å². The molecule has 49 heavy (non-hydrogen) atoms. The summed E-state index contributed by atoms with van der Waals surface area (Å²) >= 11 is 0. The summed E-state index contributed by atoms with van der Waals surface area (Å²) in [6.45, 7) is 3.67. The van der Waals surface area contributed by atoms with Crippen LogP contribution in [0.15, 0.2) is 60.8 Å². The van der Waals surface area contributed by atoms with Crippen LogP contribution < -0.4 is 0 Å². The maximum absolute atomic E-state index is 12.5. The SMILES string of the molecule is CC/C=C\C/C=C\C/C=C\CCCCCCCCCC(=O)OC(COC(=O)CCCCCCC/C=C\C/C=C\CCC)COP(=O)(O)OC. The molecule has 0 rings (SSSR count). The first-order chi connectivity index (χ1) is 23.8. The molecule has 0 bridgehead atoms. The predicted molar refractivity (Wildman–Crippen MR) is 202 cm³/mol. The third kappa shape index (κ3) is 35.4. The van der Waals surface area contributed by atoms with E-state index in [0.29, 0.717) is 6.42 Å². The van der Waals surface area contributed by atoms with Gasteiger partial charge in [0.05, 0.1) is 6.61 Å². The second-order valence-electron chi connectivity index (χ2n) is 12.3. The van der Waals surface area contributed by atoms with Crippen molar-refractivity contribution >= 4 is 19.8 Å². The van der Waals surface area contributed by atoms with Crippen LogP contribution in [0.3, 0.4) is 0 Å². The van der Waals surface area contributed by atoms with Gasteiger partial charge in [0.1, 0.15) is 6.61 Å². The number of allylic oxidation sites excluding steroid dienone is 10. The van der Waals surface area contributed by atoms with Gasteiger partial charge in [0.15, 0.2) is 6.10 Å². The Hall–Kier alpha value is -2.25. The van der Waals surface area contributed by atoms with Gasteiger partial charge in [-0.25, -0.2) is 4.57 Å². The molecule has 9 heteroatoms. The summed E-state index contributed by atoms with van der Waals surface area (Å²) in [5.74, 6) is -0.838. The smallest absolute Gasteiger partial charge is 0.462 e. The molecule has 0 heterocycles. The molecular formula is C40H69O8P. The number of carbonyl (C=O) groups is 2. The number of hydrogen-bond donors (Lipinski definition) is 1. The van der Waals surface area contributed by atoms with E-state index in [9.17, 15) is 19.0 Å². The second kappa shape index (κ2) is 35.6. The largest absolute Gasteiger partial charge is 0.472 e. The zero-order valence-corrected chi connectivity index (χ0v) is 32.0. The van der Waals surface area contributed by atoms with Crippen molar-refractivity contribution in [1.29, 1.82) is 0 Å². The number of phosphoric ester groups is 1. The molecule has 0 saturated heterocycles. The molecule has 0 aliphatic carbocycles. The van der Waals surface area contributed by atoms with Crippen molar-refractivity contribution in [3.63, 3.8) is 0 Å². The lowest BCUT2D eigenvalue weighted by Gasteiger charge is -2.19. The summed E-state index contributed by atoms with van der Waals surface area (Å²) in [6.07, 6.45) is 42.7. The summed E-state index contributed by atoms with van der Waals surface area (Å²) in [6, 6.07) is 0. The third-order valence-corrected chi connectivity index (χ3v) is 8.66. The van der Waals surface area contributed by atoms with E-state index >= 15 is 0 Å². The second-order valence-corrected chi connectivity index (χ2v) is 13.9. The first kappa shape index (κ1) is 46.8. The number of carbonyl (C=O) groups excluding carboxylic acids is 2. The molecule has 2 atom stereocenters. The summed E-state index contributed by atoms with van der Waals surface area (Å²) in [4.78, 5) is 34.3. The zero-order valence-electron chi connectivity index (χ0n) is 31.1. The van der Waals surface area contributed by atoms with Gasteiger partial charge in [0, 0.05) is 20.0 Å². The van der Waals surface area contributed by atoms with Crippen LogP contribution >= 0.6 is 7.82 Å². The first-order valence-corrected chi connectivity index (χ1v) is 20.5. The van der Waals surface area contributed by atoms with E-state index in [0.717, 1.165) is 103 Å². The van der Waals surface area contributed by atoms with Crippen molar-refractivity contribution in [2.75, 3.05) is 20.3 Å². The van der Waals surface area contributed by atoms with Gasteiger partial charge in [-0.1, -0.05) is 132 Å². The lowest BCUT2D eigenvalue weighted by atomic mass is 10.1. The van der Waals surface area contributed by atoms with Gasteiger partial charge in [0.25, 0.3) is 0 Å². The van der Waals surface area contributed by atoms with Crippen LogP contribution in [-0.4, -0.2) is 43.3 Å². The van der Waals surface area contributed by atoms with Crippen LogP contribution in [-0.2, 0) is 32.7 Å². The van der Waals surface area contributed by atoms with Crippen LogP contribution in [0.1, 0.15) is 155 Å². The fourth-order valence-corrected chi connectivity index (χ4v) is 5.29. The minimum atomic E-state index is -4.27. The lowest BCUT2D eigenvalue weighted by molar-refractivity contribution is -0.161. The Kier molecular flexibility index (Phi) is 33.9. The monoisotopic (exact) mass is 708 g/mol. The quantitative estimate of drug-likeness (QED) is 0.0304. The molecule has 0 aromatic carbocycles. The molecule has 0 spiro atoms. The van der Waals surface area contributed by atoms with Crippen LogP contribution in [0.2, 0.25) is 0 Å². The standard InChI is InChI=1S/C40H69O8P/c1-4-6-8-10-12-14-16-18-19-20-21-23-25-27-29-31-33-35-40(42)48-38(37-47-49(43,44)45-3)36-46-39(41)34-32-30-28-26-24-22-17-15-13-11-9-7-5-2/h6,8-9,11-12,14-15,17-19,38H,4-5,7,10,13,16,20-37H2,1-3H3,(H,43,44)/b8-6-,11-9-,14-12-,17-15-,19-18-. The zero-order chi connectivity index (χ0) is 36.1. The molecule has 0 aromatic rings. The number of esters is 2. The molecule has 0 aliphatic rings. The molecule has 0 radical (unpaired) electrons. The van der Waals surface area contributed by atoms with E-state index in [1.807, 2.05) is 0 Å². The van der Waals surface area contributed by atoms with Crippen molar-refractivity contribution in [2.45, 2.75) is 161 Å². The van der Waals surface area contributed by atoms with Crippen LogP contribution in [0.5, 0.6) is 0 Å². The molecule has 0 aliphatic heterocycles. The summed E-state index contributed by atoms with van der Waals surface area (Å²) in [5, 5.41) is 0. The number of phosphoric acid groups is 1. The van der Waals surface area contributed by atoms with Crippen molar-refractivity contribution in [3.05, 3.63) is 60.8 Å². The van der Waals surface area contributed by atoms with E-state index in [2.05, 4.69) is 79.1 Å². The Morgan fingerprint density at radius 2 is 1.04 bits per heavy atom. The average molecular weight is 709 g/mol. The van der Waals surface area contributed by atoms with Crippen molar-refractivity contribution in [1.82, 2.24) is 0 Å². The molecule has 8 nitrogen and oxygen atoms in total. The molecule has 2 unspecified atom stereocenters. The lowest BCUT2D eigenvalue weighted by Crippen LogP contribution is -2.29. The Balaban J connectivity index is 4.10. The molecule has 0 amide bonds. The molecule has 0 aromatic heterocycles. The topological polar surface area (TPSA) is 108 Å². The maximum atomic E-state index is 12.5. The highest BCUT2D eigenvalue weighted by Crippen LogP contribution is 2.42. The van der Waals surface area contributed by atoms with Gasteiger partial charge >= 0.3 is 19.8 Å². The Morgan fingerprint density at radius 1 is 0.592 bits per heavy atom. The summed E-state index contributed by atoms with van der Waals surface area (Å²) < 4.78 is 31.9. The van der Waals surface area contributed by atoms with E-state index in [-0.39, 0.29) is 19.4 Å². The Morgan fingerprint density at radius 3 is 1.55 bits per heavy atom. The number of unbranched alkanes of at least 4 members (excludes halogenated alkanes) is 13. The van der Waals surface area contributed by atoms with Crippen molar-refractivity contribution in [3.8, 4) is 0 Å². The van der Waals surface area contributed by atoms with Gasteiger partial charge in [0.2, 0.25) is 0 Å². The minimum Gasteiger partial charge on any atom is -0.462 e. The number of ether oxygens (including phenoxy) is 2. The van der Waals surface area contributed by atoms with Crippen molar-refractivity contribution in [2.24, 2.45) is 0 Å². The molecule has 0 saturated carbocycles. The fourth-order valence-electron chi connectivity index (χ4n) is 4.83. The first-order valence-electron chi connectivity index (χ1n) is 19.0. The molecule has 1 N–H and O–H groups in total. The van der Waals surface area contributed by atoms with Crippen LogP contribution in [0, 0.1) is 0 Å². The minimum absolute atomic E-state index is 0.228. The normalized spacial score (nSPS) is 14.1.